The van der Waals surface area contributed by atoms with E-state index >= 15 is 0 Å². The van der Waals surface area contributed by atoms with Gasteiger partial charge in [0.05, 0.1) is 30.8 Å². The third-order valence-electron chi connectivity index (χ3n) is 7.80. The zero-order chi connectivity index (χ0) is 25.5. The Kier molecular flexibility index (Phi) is 7.35. The lowest BCUT2D eigenvalue weighted by atomic mass is 9.65. The van der Waals surface area contributed by atoms with E-state index in [1.165, 1.54) is 4.90 Å². The van der Waals surface area contributed by atoms with E-state index in [9.17, 15) is 19.5 Å². The number of amides is 2. The SMILES string of the molecule is C=CCCOC(=O)[C@H]1[C@H]2C(=O)N([C@H](C)CO)C(C(=O)N(CC=C)C(C)(C)C)C23CC[C@]1(CC)O3. The second-order valence-electron chi connectivity index (χ2n) is 10.8. The van der Waals surface area contributed by atoms with Gasteiger partial charge in [-0.3, -0.25) is 14.4 Å². The Bertz CT molecular complexity index is 851. The Morgan fingerprint density at radius 2 is 2.00 bits per heavy atom. The first kappa shape index (κ1) is 26.4. The van der Waals surface area contributed by atoms with E-state index in [0.717, 1.165) is 0 Å². The third kappa shape index (κ3) is 3.88. The number of rotatable bonds is 10. The number of hydrogen-bond acceptors (Lipinski definition) is 6. The summed E-state index contributed by atoms with van der Waals surface area (Å²) >= 11 is 0. The van der Waals surface area contributed by atoms with Crippen LogP contribution in [-0.2, 0) is 23.9 Å². The van der Waals surface area contributed by atoms with Gasteiger partial charge in [0.15, 0.2) is 0 Å². The maximum atomic E-state index is 14.2. The maximum absolute atomic E-state index is 14.2. The molecule has 34 heavy (non-hydrogen) atoms. The van der Waals surface area contributed by atoms with Crippen LogP contribution < -0.4 is 0 Å². The summed E-state index contributed by atoms with van der Waals surface area (Å²) in [6.45, 7) is 17.1. The molecule has 0 aliphatic carbocycles. The molecule has 0 radical (unpaired) electrons. The molecule has 6 atom stereocenters. The molecule has 2 unspecified atom stereocenters. The summed E-state index contributed by atoms with van der Waals surface area (Å²) in [5.41, 5.74) is -2.51. The van der Waals surface area contributed by atoms with Crippen LogP contribution in [0, 0.1) is 11.8 Å². The molecule has 0 aromatic rings. The van der Waals surface area contributed by atoms with Crippen molar-refractivity contribution in [3.8, 4) is 0 Å². The summed E-state index contributed by atoms with van der Waals surface area (Å²) in [7, 11) is 0. The zero-order valence-corrected chi connectivity index (χ0v) is 21.2. The average Bonchev–Trinajstić information content (AvgIpc) is 3.39. The summed E-state index contributed by atoms with van der Waals surface area (Å²) in [5, 5.41) is 9.98. The van der Waals surface area contributed by atoms with Gasteiger partial charge in [-0.05, 0) is 53.4 Å². The molecule has 3 heterocycles. The zero-order valence-electron chi connectivity index (χ0n) is 21.2. The number of carbonyl (C=O) groups is 3. The van der Waals surface area contributed by atoms with Crippen LogP contribution in [0.4, 0.5) is 0 Å². The van der Waals surface area contributed by atoms with Crippen LogP contribution in [-0.4, -0.2) is 81.3 Å². The Balaban J connectivity index is 2.11. The van der Waals surface area contributed by atoms with Gasteiger partial charge in [0.2, 0.25) is 11.8 Å². The van der Waals surface area contributed by atoms with Crippen molar-refractivity contribution in [1.82, 2.24) is 9.80 Å². The van der Waals surface area contributed by atoms with Gasteiger partial charge in [-0.25, -0.2) is 0 Å². The molecule has 3 aliphatic rings. The molecular weight excluding hydrogens is 436 g/mol. The number of aliphatic hydroxyl groups excluding tert-OH is 1. The monoisotopic (exact) mass is 476 g/mol. The number of nitrogens with zero attached hydrogens (tertiary/aromatic N) is 2. The third-order valence-corrected chi connectivity index (χ3v) is 7.80. The maximum Gasteiger partial charge on any atom is 0.312 e. The number of hydrogen-bond donors (Lipinski definition) is 1. The minimum absolute atomic E-state index is 0.183. The molecule has 0 aromatic carbocycles. The van der Waals surface area contributed by atoms with E-state index in [4.69, 9.17) is 9.47 Å². The summed E-state index contributed by atoms with van der Waals surface area (Å²) < 4.78 is 12.2. The normalized spacial score (nSPS) is 32.9. The molecule has 8 heteroatoms. The highest BCUT2D eigenvalue weighted by Crippen LogP contribution is 2.64. The van der Waals surface area contributed by atoms with Gasteiger partial charge in [0, 0.05) is 12.1 Å². The molecule has 1 N–H and O–H groups in total. The fourth-order valence-corrected chi connectivity index (χ4v) is 6.16. The smallest absolute Gasteiger partial charge is 0.312 e. The summed E-state index contributed by atoms with van der Waals surface area (Å²) in [4.78, 5) is 44.6. The van der Waals surface area contributed by atoms with Gasteiger partial charge < -0.3 is 24.4 Å². The molecule has 8 nitrogen and oxygen atoms in total. The molecule has 0 aromatic heterocycles. The van der Waals surface area contributed by atoms with E-state index in [0.29, 0.717) is 32.2 Å². The van der Waals surface area contributed by atoms with Crippen LogP contribution in [0.15, 0.2) is 25.3 Å². The second kappa shape index (κ2) is 9.46. The van der Waals surface area contributed by atoms with Crippen LogP contribution in [0.25, 0.3) is 0 Å². The largest absolute Gasteiger partial charge is 0.465 e. The quantitative estimate of drug-likeness (QED) is 0.296. The van der Waals surface area contributed by atoms with Crippen molar-refractivity contribution < 1.29 is 29.0 Å². The van der Waals surface area contributed by atoms with Crippen molar-refractivity contribution in [3.05, 3.63) is 25.3 Å². The minimum atomic E-state index is -1.14. The van der Waals surface area contributed by atoms with E-state index < -0.39 is 46.6 Å². The predicted octanol–water partition coefficient (Wildman–Crippen LogP) is 2.45. The lowest BCUT2D eigenvalue weighted by molar-refractivity contribution is -0.164. The van der Waals surface area contributed by atoms with Crippen molar-refractivity contribution in [2.45, 2.75) is 89.1 Å². The van der Waals surface area contributed by atoms with Gasteiger partial charge in [0.25, 0.3) is 0 Å². The van der Waals surface area contributed by atoms with E-state index in [2.05, 4.69) is 13.2 Å². The average molecular weight is 477 g/mol. The molecular formula is C26H40N2O6. The fraction of sp³-hybridized carbons (Fsp3) is 0.731. The van der Waals surface area contributed by atoms with Crippen LogP contribution in [0.2, 0.25) is 0 Å². The van der Waals surface area contributed by atoms with E-state index in [1.54, 1.807) is 24.0 Å². The molecule has 3 aliphatic heterocycles. The Morgan fingerprint density at radius 3 is 2.53 bits per heavy atom. The minimum Gasteiger partial charge on any atom is -0.465 e. The first-order valence-corrected chi connectivity index (χ1v) is 12.3. The molecule has 0 saturated carbocycles. The highest BCUT2D eigenvalue weighted by atomic mass is 16.6. The van der Waals surface area contributed by atoms with Crippen molar-refractivity contribution in [1.29, 1.82) is 0 Å². The van der Waals surface area contributed by atoms with Gasteiger partial charge in [-0.15, -0.1) is 13.2 Å². The summed E-state index contributed by atoms with van der Waals surface area (Å²) in [5.74, 6) is -2.67. The number of fused-ring (bicyclic) bond motifs is 1. The first-order chi connectivity index (χ1) is 16.0. The Hall–Kier alpha value is -2.19. The number of carbonyl (C=O) groups excluding carboxylic acids is 3. The van der Waals surface area contributed by atoms with Crippen LogP contribution >= 0.6 is 0 Å². The molecule has 2 bridgehead atoms. The number of esters is 1. The second-order valence-corrected chi connectivity index (χ2v) is 10.8. The van der Waals surface area contributed by atoms with Crippen LogP contribution in [0.5, 0.6) is 0 Å². The lowest BCUT2D eigenvalue weighted by Crippen LogP contribution is -2.61. The van der Waals surface area contributed by atoms with Crippen LogP contribution in [0.3, 0.4) is 0 Å². The van der Waals surface area contributed by atoms with Crippen LogP contribution in [0.1, 0.15) is 60.3 Å². The highest BCUT2D eigenvalue weighted by molar-refractivity contribution is 5.99. The van der Waals surface area contributed by atoms with Crippen molar-refractivity contribution in [2.24, 2.45) is 11.8 Å². The van der Waals surface area contributed by atoms with Gasteiger partial charge >= 0.3 is 5.97 Å². The molecule has 3 rings (SSSR count). The van der Waals surface area contributed by atoms with Crippen molar-refractivity contribution in [2.75, 3.05) is 19.8 Å². The van der Waals surface area contributed by atoms with E-state index in [1.807, 2.05) is 27.7 Å². The molecule has 190 valence electrons. The molecule has 2 amide bonds. The predicted molar refractivity (Wildman–Crippen MR) is 128 cm³/mol. The first-order valence-electron chi connectivity index (χ1n) is 12.3. The molecule has 3 fully saturated rings. The van der Waals surface area contributed by atoms with Crippen molar-refractivity contribution >= 4 is 17.8 Å². The topological polar surface area (TPSA) is 96.4 Å². The molecule has 1 spiro atoms. The lowest BCUT2D eigenvalue weighted by Gasteiger charge is -2.43. The highest BCUT2D eigenvalue weighted by Gasteiger charge is 2.79. The standard InChI is InChI=1S/C26H40N2O6/c1-8-11-15-33-23(32)19-18-21(30)28(17(4)16-29)20(22(31)27(14-9-2)24(5,6)7)26(18)13-12-25(19,10-3)34-26/h8-9,17-20,29H,1-2,10-16H2,3-7H3/t17-,18+,19-,20?,25+,26?/m1/s1. The Labute approximate surface area is 202 Å². The number of aliphatic hydroxyl groups is 1. The Morgan fingerprint density at radius 1 is 1.32 bits per heavy atom. The van der Waals surface area contributed by atoms with Crippen molar-refractivity contribution in [3.63, 3.8) is 0 Å². The van der Waals surface area contributed by atoms with Gasteiger partial charge in [-0.2, -0.15) is 0 Å². The summed E-state index contributed by atoms with van der Waals surface area (Å²) in [6.07, 6.45) is 5.43. The van der Waals surface area contributed by atoms with Gasteiger partial charge in [0.1, 0.15) is 17.6 Å². The number of likely N-dealkylation sites (tertiary alicyclic amines) is 1. The summed E-state index contributed by atoms with van der Waals surface area (Å²) in [6, 6.07) is -1.55. The fourth-order valence-electron chi connectivity index (χ4n) is 6.16. The number of ether oxygens (including phenoxy) is 2. The van der Waals surface area contributed by atoms with Gasteiger partial charge in [-0.1, -0.05) is 19.1 Å². The van der Waals surface area contributed by atoms with E-state index in [-0.39, 0.29) is 25.0 Å². The molecule has 3 saturated heterocycles.